The average molecular weight is 383 g/mol. The Morgan fingerprint density at radius 1 is 1.48 bits per heavy atom. The Kier molecular flexibility index (Phi) is 6.12. The molecule has 1 aromatic heterocycles. The number of anilines is 1. The zero-order valence-electron chi connectivity index (χ0n) is 15.3. The fraction of sp³-hybridized carbons (Fsp3) is 0.300. The molecule has 0 unspecified atom stereocenters. The fourth-order valence-electron chi connectivity index (χ4n) is 2.98. The smallest absolute Gasteiger partial charge is 0.249 e. The van der Waals surface area contributed by atoms with E-state index in [1.807, 2.05) is 25.1 Å². The van der Waals surface area contributed by atoms with Crippen LogP contribution in [0.3, 0.4) is 0 Å². The van der Waals surface area contributed by atoms with Crippen LogP contribution >= 0.6 is 11.3 Å². The van der Waals surface area contributed by atoms with Gasteiger partial charge in [-0.2, -0.15) is 5.26 Å². The van der Waals surface area contributed by atoms with Gasteiger partial charge in [-0.15, -0.1) is 11.3 Å². The highest BCUT2D eigenvalue weighted by atomic mass is 32.1. The van der Waals surface area contributed by atoms with Crippen LogP contribution in [0.4, 0.5) is 5.00 Å². The van der Waals surface area contributed by atoms with Gasteiger partial charge in [0.05, 0.1) is 19.3 Å². The van der Waals surface area contributed by atoms with Gasteiger partial charge in [0.1, 0.15) is 11.1 Å². The summed E-state index contributed by atoms with van der Waals surface area (Å²) in [5.74, 6) is 0.926. The predicted octanol–water partition coefficient (Wildman–Crippen LogP) is 3.32. The second kappa shape index (κ2) is 8.71. The van der Waals surface area contributed by atoms with Crippen molar-refractivity contribution in [3.63, 3.8) is 0 Å². The number of para-hydroxylation sites is 1. The number of thiophene rings is 1. The number of nitriles is 1. The second-order valence-electron chi connectivity index (χ2n) is 5.88. The SMILES string of the molecule is CCOc1c(/C=C\C(=O)Nc2sc3c(c2C#N)CCNC3)cccc1OC. The van der Waals surface area contributed by atoms with Crippen molar-refractivity contribution in [1.29, 1.82) is 5.26 Å². The monoisotopic (exact) mass is 383 g/mol. The summed E-state index contributed by atoms with van der Waals surface area (Å²) in [6.45, 7) is 3.97. The Morgan fingerprint density at radius 2 is 2.33 bits per heavy atom. The standard InChI is InChI=1S/C20H21N3O3S/c1-3-26-19-13(5-4-6-16(19)25-2)7-8-18(24)23-20-15(11-21)14-9-10-22-12-17(14)27-20/h4-8,22H,3,9-10,12H2,1-2H3,(H,23,24)/b8-7-. The van der Waals surface area contributed by atoms with E-state index in [2.05, 4.69) is 16.7 Å². The summed E-state index contributed by atoms with van der Waals surface area (Å²) in [5, 5.41) is 16.2. The lowest BCUT2D eigenvalue weighted by molar-refractivity contribution is -0.111. The molecule has 1 amide bonds. The van der Waals surface area contributed by atoms with E-state index in [0.29, 0.717) is 28.7 Å². The first-order valence-corrected chi connectivity index (χ1v) is 9.53. The van der Waals surface area contributed by atoms with E-state index in [1.54, 1.807) is 13.2 Å². The topological polar surface area (TPSA) is 83.4 Å². The van der Waals surface area contributed by atoms with E-state index in [0.717, 1.165) is 35.5 Å². The van der Waals surface area contributed by atoms with Crippen LogP contribution in [0.1, 0.15) is 28.5 Å². The third-order valence-electron chi connectivity index (χ3n) is 4.21. The lowest BCUT2D eigenvalue weighted by Crippen LogP contribution is -2.22. The summed E-state index contributed by atoms with van der Waals surface area (Å²) in [4.78, 5) is 13.5. The third kappa shape index (κ3) is 4.13. The number of methoxy groups -OCH3 is 1. The van der Waals surface area contributed by atoms with Crippen LogP contribution in [0.2, 0.25) is 0 Å². The van der Waals surface area contributed by atoms with Gasteiger partial charge in [-0.05, 0) is 37.6 Å². The summed E-state index contributed by atoms with van der Waals surface area (Å²) in [6.07, 6.45) is 3.93. The summed E-state index contributed by atoms with van der Waals surface area (Å²) in [6, 6.07) is 7.74. The maximum absolute atomic E-state index is 12.4. The molecular formula is C20H21N3O3S. The van der Waals surface area contributed by atoms with E-state index in [4.69, 9.17) is 9.47 Å². The normalized spacial score (nSPS) is 13.1. The molecule has 2 N–H and O–H groups in total. The Bertz CT molecular complexity index is 912. The maximum Gasteiger partial charge on any atom is 0.249 e. The van der Waals surface area contributed by atoms with Crippen molar-refractivity contribution in [2.24, 2.45) is 0 Å². The van der Waals surface area contributed by atoms with E-state index in [1.165, 1.54) is 17.4 Å². The van der Waals surface area contributed by atoms with E-state index in [-0.39, 0.29) is 5.91 Å². The van der Waals surface area contributed by atoms with Crippen molar-refractivity contribution in [1.82, 2.24) is 5.32 Å². The lowest BCUT2D eigenvalue weighted by Gasteiger charge is -2.11. The fourth-order valence-corrected chi connectivity index (χ4v) is 4.15. The molecule has 0 saturated heterocycles. The quantitative estimate of drug-likeness (QED) is 0.748. The molecule has 3 rings (SSSR count). The summed E-state index contributed by atoms with van der Waals surface area (Å²) in [5.41, 5.74) is 2.38. The molecule has 0 spiro atoms. The minimum atomic E-state index is -0.289. The zero-order chi connectivity index (χ0) is 19.2. The van der Waals surface area contributed by atoms with Crippen LogP contribution < -0.4 is 20.1 Å². The highest BCUT2D eigenvalue weighted by molar-refractivity contribution is 7.16. The molecule has 0 atom stereocenters. The highest BCUT2D eigenvalue weighted by Gasteiger charge is 2.21. The number of rotatable bonds is 6. The highest BCUT2D eigenvalue weighted by Crippen LogP contribution is 2.35. The lowest BCUT2D eigenvalue weighted by atomic mass is 10.1. The van der Waals surface area contributed by atoms with Crippen molar-refractivity contribution < 1.29 is 14.3 Å². The molecule has 27 heavy (non-hydrogen) atoms. The van der Waals surface area contributed by atoms with Gasteiger partial charge in [0.15, 0.2) is 11.5 Å². The number of hydrogen-bond acceptors (Lipinski definition) is 6. The molecule has 6 nitrogen and oxygen atoms in total. The Balaban J connectivity index is 1.79. The molecule has 140 valence electrons. The van der Waals surface area contributed by atoms with Crippen molar-refractivity contribution in [3.8, 4) is 17.6 Å². The molecule has 1 aromatic carbocycles. The molecule has 1 aliphatic heterocycles. The van der Waals surface area contributed by atoms with E-state index in [9.17, 15) is 10.1 Å². The van der Waals surface area contributed by atoms with Crippen LogP contribution in [-0.2, 0) is 17.8 Å². The molecule has 2 heterocycles. The van der Waals surface area contributed by atoms with Gasteiger partial charge in [0.2, 0.25) is 5.91 Å². The minimum absolute atomic E-state index is 0.289. The number of fused-ring (bicyclic) bond motifs is 1. The van der Waals surface area contributed by atoms with Crippen LogP contribution in [0, 0.1) is 11.3 Å². The number of nitrogens with zero attached hydrogens (tertiary/aromatic N) is 1. The van der Waals surface area contributed by atoms with Gasteiger partial charge >= 0.3 is 0 Å². The number of nitrogens with one attached hydrogen (secondary N) is 2. The Hall–Kier alpha value is -2.82. The first-order valence-electron chi connectivity index (χ1n) is 8.72. The molecule has 0 radical (unpaired) electrons. The molecule has 7 heteroatoms. The second-order valence-corrected chi connectivity index (χ2v) is 6.99. The van der Waals surface area contributed by atoms with Crippen LogP contribution in [0.25, 0.3) is 6.08 Å². The first-order chi connectivity index (χ1) is 13.2. The number of carbonyl (C=O) groups excluding carboxylic acids is 1. The van der Waals surface area contributed by atoms with Gasteiger partial charge in [-0.1, -0.05) is 12.1 Å². The van der Waals surface area contributed by atoms with Gasteiger partial charge in [-0.3, -0.25) is 4.79 Å². The van der Waals surface area contributed by atoms with Gasteiger partial charge in [-0.25, -0.2) is 0 Å². The van der Waals surface area contributed by atoms with E-state index >= 15 is 0 Å². The van der Waals surface area contributed by atoms with Gasteiger partial charge in [0, 0.05) is 23.1 Å². The molecular weight excluding hydrogens is 362 g/mol. The van der Waals surface area contributed by atoms with Crippen LogP contribution in [0.5, 0.6) is 11.5 Å². The van der Waals surface area contributed by atoms with Crippen molar-refractivity contribution in [3.05, 3.63) is 45.8 Å². The molecule has 0 fully saturated rings. The van der Waals surface area contributed by atoms with E-state index < -0.39 is 0 Å². The molecule has 2 aromatic rings. The number of benzene rings is 1. The van der Waals surface area contributed by atoms with Gasteiger partial charge in [0.25, 0.3) is 0 Å². The number of ether oxygens (including phenoxy) is 2. The largest absolute Gasteiger partial charge is 0.493 e. The van der Waals surface area contributed by atoms with Crippen LogP contribution in [-0.4, -0.2) is 26.2 Å². The van der Waals surface area contributed by atoms with Crippen molar-refractivity contribution in [2.45, 2.75) is 19.9 Å². The minimum Gasteiger partial charge on any atom is -0.493 e. The Morgan fingerprint density at radius 3 is 3.07 bits per heavy atom. The molecule has 0 aliphatic carbocycles. The zero-order valence-corrected chi connectivity index (χ0v) is 16.1. The summed E-state index contributed by atoms with van der Waals surface area (Å²) < 4.78 is 11.0. The average Bonchev–Trinajstić information content (AvgIpc) is 3.04. The van der Waals surface area contributed by atoms with Crippen molar-refractivity contribution in [2.75, 3.05) is 25.6 Å². The number of amides is 1. The molecule has 0 bridgehead atoms. The maximum atomic E-state index is 12.4. The summed E-state index contributed by atoms with van der Waals surface area (Å²) >= 11 is 1.46. The molecule has 0 saturated carbocycles. The Labute approximate surface area is 162 Å². The predicted molar refractivity (Wildman–Crippen MR) is 106 cm³/mol. The third-order valence-corrected chi connectivity index (χ3v) is 5.36. The van der Waals surface area contributed by atoms with Crippen molar-refractivity contribution >= 4 is 28.3 Å². The van der Waals surface area contributed by atoms with Gasteiger partial charge < -0.3 is 20.1 Å². The number of carbonyl (C=O) groups is 1. The first kappa shape index (κ1) is 19.0. The summed E-state index contributed by atoms with van der Waals surface area (Å²) in [7, 11) is 1.58. The molecule has 1 aliphatic rings. The van der Waals surface area contributed by atoms with Crippen LogP contribution in [0.15, 0.2) is 24.3 Å². The number of hydrogen-bond donors (Lipinski definition) is 2.